The third kappa shape index (κ3) is 12.4. The highest BCUT2D eigenvalue weighted by Crippen LogP contribution is 2.08. The molecule has 170 valence electrons. The molecule has 0 saturated carbocycles. The predicted molar refractivity (Wildman–Crippen MR) is 129 cm³/mol. The number of ketones is 1. The Hall–Kier alpha value is -2.01. The molecule has 0 atom stereocenters. The lowest BCUT2D eigenvalue weighted by Gasteiger charge is -2.22. The smallest absolute Gasteiger partial charge is 0.131 e. The van der Waals surface area contributed by atoms with Crippen LogP contribution in [0, 0.1) is 0 Å². The highest BCUT2D eigenvalue weighted by Gasteiger charge is 2.07. The van der Waals surface area contributed by atoms with Gasteiger partial charge in [-0.2, -0.15) is 0 Å². The number of unbranched alkanes of at least 4 members (excludes halogenated alkanes) is 2. The summed E-state index contributed by atoms with van der Waals surface area (Å²) in [5.41, 5.74) is 2.67. The molecule has 2 rings (SSSR count). The van der Waals surface area contributed by atoms with E-state index in [2.05, 4.69) is 71.4 Å². The Bertz CT molecular complexity index is 706. The Morgan fingerprint density at radius 1 is 0.742 bits per heavy atom. The van der Waals surface area contributed by atoms with Gasteiger partial charge in [0.25, 0.3) is 0 Å². The first-order valence-corrected chi connectivity index (χ1v) is 11.7. The molecule has 0 saturated heterocycles. The second-order valence-electron chi connectivity index (χ2n) is 8.46. The molecule has 0 fully saturated rings. The van der Waals surface area contributed by atoms with Crippen molar-refractivity contribution in [2.45, 2.75) is 52.1 Å². The monoisotopic (exact) mass is 424 g/mol. The van der Waals surface area contributed by atoms with E-state index in [1.165, 1.54) is 17.5 Å². The molecule has 0 aromatic heterocycles. The Morgan fingerprint density at radius 3 is 1.87 bits per heavy atom. The van der Waals surface area contributed by atoms with E-state index >= 15 is 0 Å². The molecular formula is C27H40N2O2. The first-order chi connectivity index (χ1) is 15.1. The summed E-state index contributed by atoms with van der Waals surface area (Å²) in [7, 11) is 2.18. The van der Waals surface area contributed by atoms with Crippen LogP contribution in [0.2, 0.25) is 0 Å². The third-order valence-corrected chi connectivity index (χ3v) is 5.42. The van der Waals surface area contributed by atoms with Gasteiger partial charge >= 0.3 is 0 Å². The van der Waals surface area contributed by atoms with Crippen LogP contribution in [0.4, 0.5) is 0 Å². The molecule has 0 N–H and O–H groups in total. The van der Waals surface area contributed by atoms with Gasteiger partial charge in [0.1, 0.15) is 5.78 Å². The number of carbonyl (C=O) groups excluding carboxylic acids is 1. The van der Waals surface area contributed by atoms with E-state index in [1.54, 1.807) is 6.92 Å². The number of hydrogen-bond donors (Lipinski definition) is 0. The van der Waals surface area contributed by atoms with Crippen LogP contribution in [0.5, 0.6) is 0 Å². The molecule has 0 aliphatic heterocycles. The molecule has 0 radical (unpaired) electrons. The lowest BCUT2D eigenvalue weighted by atomic mass is 10.2. The second-order valence-corrected chi connectivity index (χ2v) is 8.46. The highest BCUT2D eigenvalue weighted by molar-refractivity contribution is 5.75. The van der Waals surface area contributed by atoms with Crippen molar-refractivity contribution < 1.29 is 9.53 Å². The minimum absolute atomic E-state index is 0.260. The van der Waals surface area contributed by atoms with Crippen molar-refractivity contribution in [3.05, 3.63) is 71.8 Å². The molecular weight excluding hydrogens is 384 g/mol. The number of benzene rings is 2. The zero-order chi connectivity index (χ0) is 22.2. The number of Topliss-reactive ketones (excluding diaryl/α,β-unsaturated/α-hetero) is 1. The fraction of sp³-hybridized carbons (Fsp3) is 0.519. The average Bonchev–Trinajstić information content (AvgIpc) is 2.77. The Labute approximate surface area is 189 Å². The van der Waals surface area contributed by atoms with Gasteiger partial charge in [0.2, 0.25) is 0 Å². The molecule has 2 aromatic carbocycles. The van der Waals surface area contributed by atoms with Crippen molar-refractivity contribution in [3.63, 3.8) is 0 Å². The van der Waals surface area contributed by atoms with Crippen LogP contribution in [0.3, 0.4) is 0 Å². The van der Waals surface area contributed by atoms with Gasteiger partial charge in [-0.3, -0.25) is 9.69 Å². The topological polar surface area (TPSA) is 32.8 Å². The number of rotatable bonds is 17. The van der Waals surface area contributed by atoms with Crippen LogP contribution < -0.4 is 0 Å². The fourth-order valence-electron chi connectivity index (χ4n) is 3.63. The normalized spacial score (nSPS) is 11.4. The molecule has 0 bridgehead atoms. The molecule has 4 nitrogen and oxygen atoms in total. The van der Waals surface area contributed by atoms with Gasteiger partial charge in [-0.05, 0) is 63.9 Å². The molecule has 0 heterocycles. The van der Waals surface area contributed by atoms with E-state index in [-0.39, 0.29) is 5.78 Å². The van der Waals surface area contributed by atoms with Gasteiger partial charge in [0.05, 0.1) is 0 Å². The minimum Gasteiger partial charge on any atom is -0.381 e. The van der Waals surface area contributed by atoms with Gasteiger partial charge in [-0.1, -0.05) is 60.7 Å². The largest absolute Gasteiger partial charge is 0.381 e. The van der Waals surface area contributed by atoms with E-state index in [0.717, 1.165) is 65.2 Å². The molecule has 0 spiro atoms. The fourth-order valence-corrected chi connectivity index (χ4v) is 3.63. The van der Waals surface area contributed by atoms with E-state index in [9.17, 15) is 4.79 Å². The summed E-state index contributed by atoms with van der Waals surface area (Å²) in [6.45, 7) is 8.20. The Morgan fingerprint density at radius 2 is 1.29 bits per heavy atom. The third-order valence-electron chi connectivity index (χ3n) is 5.42. The first kappa shape index (κ1) is 25.3. The van der Waals surface area contributed by atoms with Crippen LogP contribution >= 0.6 is 0 Å². The van der Waals surface area contributed by atoms with Crippen molar-refractivity contribution in [3.8, 4) is 0 Å². The molecule has 0 aliphatic carbocycles. The molecule has 0 amide bonds. The maximum atomic E-state index is 11.4. The molecule has 0 aliphatic rings. The molecule has 2 aromatic rings. The standard InChI is InChI=1S/C27H40N2O2/c1-25(30)17-20-29(24-27-15-7-4-8-16-27)19-10-12-22-31-21-11-9-18-28(2)23-26-13-5-3-6-14-26/h3-8,13-16H,9-12,17-24H2,1-2H3. The zero-order valence-corrected chi connectivity index (χ0v) is 19.5. The Balaban J connectivity index is 1.50. The summed E-state index contributed by atoms with van der Waals surface area (Å²) < 4.78 is 5.84. The van der Waals surface area contributed by atoms with Crippen molar-refractivity contribution in [2.24, 2.45) is 0 Å². The van der Waals surface area contributed by atoms with Crippen molar-refractivity contribution in [1.82, 2.24) is 9.80 Å². The number of nitrogens with zero attached hydrogens (tertiary/aromatic N) is 2. The second kappa shape index (κ2) is 15.7. The summed E-state index contributed by atoms with van der Waals surface area (Å²) in [5.74, 6) is 0.260. The minimum atomic E-state index is 0.260. The zero-order valence-electron chi connectivity index (χ0n) is 19.5. The van der Waals surface area contributed by atoms with E-state index in [4.69, 9.17) is 4.74 Å². The SMILES string of the molecule is CC(=O)CCN(CCCCOCCCCN(C)Cc1ccccc1)Cc1ccccc1. The number of carbonyl (C=O) groups is 1. The maximum absolute atomic E-state index is 11.4. The quantitative estimate of drug-likeness (QED) is 0.328. The summed E-state index contributed by atoms with van der Waals surface area (Å²) in [4.78, 5) is 16.1. The van der Waals surface area contributed by atoms with E-state index in [1.807, 2.05) is 6.07 Å². The van der Waals surface area contributed by atoms with Gasteiger partial charge < -0.3 is 9.64 Å². The maximum Gasteiger partial charge on any atom is 0.131 e. The summed E-state index contributed by atoms with van der Waals surface area (Å²) in [6, 6.07) is 21.1. The summed E-state index contributed by atoms with van der Waals surface area (Å²) in [6.07, 6.45) is 5.07. The lowest BCUT2D eigenvalue weighted by Crippen LogP contribution is -2.27. The average molecular weight is 425 g/mol. The summed E-state index contributed by atoms with van der Waals surface area (Å²) in [5, 5.41) is 0. The van der Waals surface area contributed by atoms with Crippen molar-refractivity contribution in [2.75, 3.05) is 39.9 Å². The molecule has 31 heavy (non-hydrogen) atoms. The highest BCUT2D eigenvalue weighted by atomic mass is 16.5. The number of ether oxygens (including phenoxy) is 1. The van der Waals surface area contributed by atoms with Crippen molar-refractivity contribution >= 4 is 5.78 Å². The Kier molecular flexibility index (Phi) is 12.8. The molecule has 0 unspecified atom stereocenters. The van der Waals surface area contributed by atoms with Gasteiger partial charge in [0, 0.05) is 39.3 Å². The van der Waals surface area contributed by atoms with Gasteiger partial charge in [0.15, 0.2) is 0 Å². The van der Waals surface area contributed by atoms with Crippen LogP contribution in [-0.2, 0) is 22.6 Å². The van der Waals surface area contributed by atoms with Crippen LogP contribution in [0.25, 0.3) is 0 Å². The first-order valence-electron chi connectivity index (χ1n) is 11.7. The molecule has 4 heteroatoms. The lowest BCUT2D eigenvalue weighted by molar-refractivity contribution is -0.117. The van der Waals surface area contributed by atoms with Gasteiger partial charge in [-0.15, -0.1) is 0 Å². The van der Waals surface area contributed by atoms with Crippen LogP contribution in [0.1, 0.15) is 50.2 Å². The van der Waals surface area contributed by atoms with Crippen LogP contribution in [-0.4, -0.2) is 55.5 Å². The van der Waals surface area contributed by atoms with E-state index in [0.29, 0.717) is 6.42 Å². The predicted octanol–water partition coefficient (Wildman–Crippen LogP) is 5.18. The summed E-state index contributed by atoms with van der Waals surface area (Å²) >= 11 is 0. The van der Waals surface area contributed by atoms with Crippen LogP contribution in [0.15, 0.2) is 60.7 Å². The van der Waals surface area contributed by atoms with Crippen molar-refractivity contribution in [1.29, 1.82) is 0 Å². The number of hydrogen-bond acceptors (Lipinski definition) is 4. The van der Waals surface area contributed by atoms with E-state index < -0.39 is 0 Å². The van der Waals surface area contributed by atoms with Gasteiger partial charge in [-0.25, -0.2) is 0 Å².